The fraction of sp³-hybridized carbons (Fsp3) is 0.567. The fourth-order valence-electron chi connectivity index (χ4n) is 6.78. The molecule has 3 aliphatic rings. The van der Waals surface area contributed by atoms with Gasteiger partial charge in [-0.1, -0.05) is 12.2 Å². The number of likely N-dealkylation sites (tertiary alicyclic amines) is 1. The first-order valence-electron chi connectivity index (χ1n) is 13.9. The molecule has 3 aliphatic heterocycles. The molecule has 39 heavy (non-hydrogen) atoms. The largest absolute Gasteiger partial charge is 0.394 e. The van der Waals surface area contributed by atoms with Crippen LogP contribution < -0.4 is 9.80 Å². The molecule has 2 bridgehead atoms. The molecular weight excluding hydrogens is 512 g/mol. The van der Waals surface area contributed by atoms with Crippen molar-refractivity contribution in [1.29, 1.82) is 0 Å². The highest BCUT2D eigenvalue weighted by atomic mass is 32.2. The predicted molar refractivity (Wildman–Crippen MR) is 158 cm³/mol. The van der Waals surface area contributed by atoms with Crippen LogP contribution in [0.25, 0.3) is 0 Å². The number of aliphatic hydroxyl groups excluding tert-OH is 1. The Hall–Kier alpha value is -2.78. The molecule has 6 atom stereocenters. The number of nitrogens with zero attached hydrogens (tertiary/aromatic N) is 4. The quantitative estimate of drug-likeness (QED) is 0.400. The van der Waals surface area contributed by atoms with E-state index in [0.29, 0.717) is 13.0 Å². The monoisotopic (exact) mass is 554 g/mol. The number of thioether (sulfide) groups is 1. The number of benzene rings is 1. The number of fused-ring (bicyclic) bond motifs is 1. The van der Waals surface area contributed by atoms with Crippen LogP contribution in [0.4, 0.5) is 11.4 Å². The van der Waals surface area contributed by atoms with Gasteiger partial charge in [0.15, 0.2) is 0 Å². The van der Waals surface area contributed by atoms with Gasteiger partial charge in [-0.15, -0.1) is 24.9 Å². The van der Waals surface area contributed by atoms with E-state index in [-0.39, 0.29) is 36.1 Å². The van der Waals surface area contributed by atoms with Crippen LogP contribution in [0.5, 0.6) is 0 Å². The molecule has 212 valence electrons. The standard InChI is InChI=1S/C30H42N4O4S/c1-7-17-31(6)27(36)24-23-15-16-30(39-23)25(24)28(37)34(20(5)19-35)26(30)29(38)33(18-8-2)22-13-11-21(12-14-22)32(9-3)10-4/h7-8,11-14,20,23-26,35H,1-2,9-10,15-19H2,3-6H3/t20-,23+,24-,25+,26?,30?/m1/s1. The van der Waals surface area contributed by atoms with E-state index in [9.17, 15) is 19.5 Å². The Morgan fingerprint density at radius 2 is 1.74 bits per heavy atom. The Morgan fingerprint density at radius 1 is 1.13 bits per heavy atom. The normalized spacial score (nSPS) is 27.7. The maximum Gasteiger partial charge on any atom is 0.251 e. The van der Waals surface area contributed by atoms with Crippen LogP contribution in [0.15, 0.2) is 49.6 Å². The van der Waals surface area contributed by atoms with E-state index in [1.165, 1.54) is 0 Å². The topological polar surface area (TPSA) is 84.4 Å². The summed E-state index contributed by atoms with van der Waals surface area (Å²) < 4.78 is -0.710. The van der Waals surface area contributed by atoms with Crippen molar-refractivity contribution in [3.8, 4) is 0 Å². The molecule has 1 N–H and O–H groups in total. The molecule has 3 saturated heterocycles. The van der Waals surface area contributed by atoms with Gasteiger partial charge in [0.2, 0.25) is 11.8 Å². The second-order valence-corrected chi connectivity index (χ2v) is 12.4. The maximum atomic E-state index is 14.6. The smallest absolute Gasteiger partial charge is 0.251 e. The molecule has 0 saturated carbocycles. The molecule has 0 aromatic heterocycles. The third-order valence-corrected chi connectivity index (χ3v) is 10.6. The van der Waals surface area contributed by atoms with Gasteiger partial charge < -0.3 is 24.7 Å². The van der Waals surface area contributed by atoms with Crippen molar-refractivity contribution in [2.75, 3.05) is 49.6 Å². The van der Waals surface area contributed by atoms with E-state index in [0.717, 1.165) is 30.9 Å². The van der Waals surface area contributed by atoms with Crippen LogP contribution in [0, 0.1) is 11.8 Å². The van der Waals surface area contributed by atoms with Crippen LogP contribution in [-0.4, -0.2) is 94.5 Å². The first-order chi connectivity index (χ1) is 18.7. The van der Waals surface area contributed by atoms with Crippen molar-refractivity contribution in [3.63, 3.8) is 0 Å². The molecule has 3 amide bonds. The number of anilines is 2. The molecule has 1 aromatic carbocycles. The summed E-state index contributed by atoms with van der Waals surface area (Å²) in [5.41, 5.74) is 1.81. The number of rotatable bonds is 12. The van der Waals surface area contributed by atoms with Crippen molar-refractivity contribution < 1.29 is 19.5 Å². The Kier molecular flexibility index (Phi) is 8.81. The third-order valence-electron chi connectivity index (χ3n) is 8.64. The highest BCUT2D eigenvalue weighted by Gasteiger charge is 2.74. The van der Waals surface area contributed by atoms with Crippen molar-refractivity contribution >= 4 is 40.9 Å². The van der Waals surface area contributed by atoms with Gasteiger partial charge in [-0.25, -0.2) is 0 Å². The van der Waals surface area contributed by atoms with Gasteiger partial charge in [0.1, 0.15) is 6.04 Å². The zero-order valence-corrected chi connectivity index (χ0v) is 24.4. The van der Waals surface area contributed by atoms with Crippen LogP contribution in [0.1, 0.15) is 33.6 Å². The lowest BCUT2D eigenvalue weighted by molar-refractivity contribution is -0.144. The summed E-state index contributed by atoms with van der Waals surface area (Å²) in [5.74, 6) is -1.56. The Bertz CT molecular complexity index is 1110. The van der Waals surface area contributed by atoms with E-state index in [1.54, 1.807) is 52.6 Å². The molecule has 0 radical (unpaired) electrons. The van der Waals surface area contributed by atoms with E-state index < -0.39 is 28.7 Å². The summed E-state index contributed by atoms with van der Waals surface area (Å²) in [6.45, 7) is 15.8. The number of aliphatic hydroxyl groups is 1. The molecule has 0 aliphatic carbocycles. The lowest BCUT2D eigenvalue weighted by Crippen LogP contribution is -2.57. The highest BCUT2D eigenvalue weighted by Crippen LogP contribution is 2.67. The fourth-order valence-corrected chi connectivity index (χ4v) is 8.98. The summed E-state index contributed by atoms with van der Waals surface area (Å²) in [7, 11) is 1.73. The number of likely N-dealkylation sites (N-methyl/N-ethyl adjacent to an activating group) is 1. The van der Waals surface area contributed by atoms with E-state index in [2.05, 4.69) is 31.9 Å². The van der Waals surface area contributed by atoms with E-state index in [4.69, 9.17) is 0 Å². The van der Waals surface area contributed by atoms with Crippen LogP contribution >= 0.6 is 11.8 Å². The number of amides is 3. The lowest BCUT2D eigenvalue weighted by atomic mass is 9.70. The molecule has 9 heteroatoms. The molecule has 2 unspecified atom stereocenters. The van der Waals surface area contributed by atoms with Crippen LogP contribution in [0.2, 0.25) is 0 Å². The van der Waals surface area contributed by atoms with E-state index >= 15 is 0 Å². The van der Waals surface area contributed by atoms with Crippen molar-refractivity contribution in [3.05, 3.63) is 49.6 Å². The Balaban J connectivity index is 1.74. The summed E-state index contributed by atoms with van der Waals surface area (Å²) in [5, 5.41) is 10.1. The van der Waals surface area contributed by atoms with Gasteiger partial charge in [0.05, 0.1) is 29.2 Å². The number of hydrogen-bond acceptors (Lipinski definition) is 6. The van der Waals surface area contributed by atoms with E-state index in [1.807, 2.05) is 24.3 Å². The number of hydrogen-bond donors (Lipinski definition) is 1. The second kappa shape index (κ2) is 11.8. The average Bonchev–Trinajstić information content (AvgIpc) is 3.59. The van der Waals surface area contributed by atoms with Crippen molar-refractivity contribution in [1.82, 2.24) is 9.80 Å². The summed E-state index contributed by atoms with van der Waals surface area (Å²) in [4.78, 5) is 49.3. The minimum atomic E-state index is -0.780. The minimum absolute atomic E-state index is 0.0122. The molecule has 1 spiro atoms. The van der Waals surface area contributed by atoms with Crippen LogP contribution in [-0.2, 0) is 14.4 Å². The van der Waals surface area contributed by atoms with Crippen molar-refractivity contribution in [2.45, 2.75) is 55.7 Å². The first kappa shape index (κ1) is 29.2. The summed E-state index contributed by atoms with van der Waals surface area (Å²) >= 11 is 1.64. The molecule has 4 rings (SSSR count). The molecule has 3 heterocycles. The summed E-state index contributed by atoms with van der Waals surface area (Å²) in [6.07, 6.45) is 4.83. The van der Waals surface area contributed by atoms with Crippen LogP contribution in [0.3, 0.4) is 0 Å². The minimum Gasteiger partial charge on any atom is -0.394 e. The van der Waals surface area contributed by atoms with Gasteiger partial charge in [0, 0.05) is 49.9 Å². The second-order valence-electron chi connectivity index (χ2n) is 10.8. The van der Waals surface area contributed by atoms with Gasteiger partial charge in [0.25, 0.3) is 5.91 Å². The highest BCUT2D eigenvalue weighted by molar-refractivity contribution is 8.02. The van der Waals surface area contributed by atoms with Crippen molar-refractivity contribution in [2.24, 2.45) is 11.8 Å². The zero-order chi connectivity index (χ0) is 28.5. The molecule has 1 aromatic rings. The molecule has 8 nitrogen and oxygen atoms in total. The SMILES string of the molecule is C=CCN(C)C(=O)[C@@H]1[C@@H]2CCC3(S2)C(C(=O)N(CC=C)c2ccc(N(CC)CC)cc2)N([C@H](C)CO)C(=O)[C@H]13. The third kappa shape index (κ3) is 4.78. The Labute approximate surface area is 236 Å². The van der Waals surface area contributed by atoms with Gasteiger partial charge in [-0.05, 0) is 57.9 Å². The number of carbonyl (C=O) groups is 3. The zero-order valence-electron chi connectivity index (χ0n) is 23.6. The number of carbonyl (C=O) groups excluding carboxylic acids is 3. The molecular formula is C30H42N4O4S. The maximum absolute atomic E-state index is 14.6. The molecule has 3 fully saturated rings. The average molecular weight is 555 g/mol. The van der Waals surface area contributed by atoms with Gasteiger partial charge in [-0.3, -0.25) is 14.4 Å². The predicted octanol–water partition coefficient (Wildman–Crippen LogP) is 3.17. The van der Waals surface area contributed by atoms with Gasteiger partial charge >= 0.3 is 0 Å². The summed E-state index contributed by atoms with van der Waals surface area (Å²) in [6, 6.07) is 6.58. The lowest BCUT2D eigenvalue weighted by Gasteiger charge is -2.39. The van der Waals surface area contributed by atoms with Gasteiger partial charge in [-0.2, -0.15) is 0 Å². The first-order valence-corrected chi connectivity index (χ1v) is 14.8. The Morgan fingerprint density at radius 3 is 2.31 bits per heavy atom.